The highest BCUT2D eigenvalue weighted by Crippen LogP contribution is 2.40. The molecule has 1 atom stereocenters. The van der Waals surface area contributed by atoms with Crippen LogP contribution in [0.4, 0.5) is 10.5 Å². The first-order valence-electron chi connectivity index (χ1n) is 10.1. The highest BCUT2D eigenvalue weighted by Gasteiger charge is 2.35. The molecule has 2 aliphatic rings. The minimum absolute atomic E-state index is 0.163. The molecule has 3 heterocycles. The van der Waals surface area contributed by atoms with Crippen molar-refractivity contribution in [3.63, 3.8) is 0 Å². The van der Waals surface area contributed by atoms with E-state index in [9.17, 15) is 4.79 Å². The second kappa shape index (κ2) is 7.42. The van der Waals surface area contributed by atoms with Crippen molar-refractivity contribution in [2.45, 2.75) is 12.6 Å². The first-order valence-corrected chi connectivity index (χ1v) is 10.1. The molecule has 7 heteroatoms. The maximum absolute atomic E-state index is 12.5. The van der Waals surface area contributed by atoms with Gasteiger partial charge in [0.25, 0.3) is 0 Å². The Morgan fingerprint density at radius 3 is 2.79 bits per heavy atom. The number of benzene rings is 2. The standard InChI is InChI=1S/C22H26N6O/c1-23-22(29)28-21(17-4-2-3-5-19(17)26-28)20-13-16-12-15(6-7-18(16)25-20)14-27-10-8-24-9-11-27/h2-7,12-13,21,24-26H,8-11,14H2,1H3,(H,23,29). The van der Waals surface area contributed by atoms with Crippen molar-refractivity contribution in [2.24, 2.45) is 0 Å². The van der Waals surface area contributed by atoms with Crippen LogP contribution in [0.15, 0.2) is 48.5 Å². The van der Waals surface area contributed by atoms with Gasteiger partial charge in [-0.05, 0) is 29.8 Å². The summed E-state index contributed by atoms with van der Waals surface area (Å²) in [5, 5.41) is 8.96. The first kappa shape index (κ1) is 18.0. The fourth-order valence-electron chi connectivity index (χ4n) is 4.34. The van der Waals surface area contributed by atoms with Crippen LogP contribution in [0.1, 0.15) is 22.9 Å². The maximum atomic E-state index is 12.5. The van der Waals surface area contributed by atoms with E-state index in [2.05, 4.69) is 56.3 Å². The van der Waals surface area contributed by atoms with Crippen LogP contribution in [0.2, 0.25) is 0 Å². The Labute approximate surface area is 170 Å². The molecule has 1 aromatic heterocycles. The summed E-state index contributed by atoms with van der Waals surface area (Å²) in [7, 11) is 1.65. The Balaban J connectivity index is 1.48. The Morgan fingerprint density at radius 2 is 1.97 bits per heavy atom. The number of H-pyrrole nitrogens is 1. The van der Waals surface area contributed by atoms with Crippen LogP contribution < -0.4 is 16.1 Å². The minimum atomic E-state index is -0.199. The average Bonchev–Trinajstić information content (AvgIpc) is 3.34. The van der Waals surface area contributed by atoms with Crippen molar-refractivity contribution in [2.75, 3.05) is 38.7 Å². The molecule has 5 rings (SSSR count). The zero-order valence-electron chi connectivity index (χ0n) is 16.5. The molecule has 0 saturated carbocycles. The van der Waals surface area contributed by atoms with Gasteiger partial charge in [0, 0.05) is 61.9 Å². The maximum Gasteiger partial charge on any atom is 0.336 e. The molecule has 3 aromatic rings. The summed E-state index contributed by atoms with van der Waals surface area (Å²) < 4.78 is 0. The van der Waals surface area contributed by atoms with Gasteiger partial charge in [-0.3, -0.25) is 10.3 Å². The average molecular weight is 390 g/mol. The minimum Gasteiger partial charge on any atom is -0.356 e. The smallest absolute Gasteiger partial charge is 0.336 e. The predicted molar refractivity (Wildman–Crippen MR) is 115 cm³/mol. The highest BCUT2D eigenvalue weighted by molar-refractivity contribution is 5.84. The van der Waals surface area contributed by atoms with Crippen LogP contribution in [0, 0.1) is 0 Å². The first-order chi connectivity index (χ1) is 14.2. The number of urea groups is 1. The van der Waals surface area contributed by atoms with Gasteiger partial charge < -0.3 is 15.6 Å². The van der Waals surface area contributed by atoms with Crippen LogP contribution in [0.5, 0.6) is 0 Å². The lowest BCUT2D eigenvalue weighted by Crippen LogP contribution is -2.42. The highest BCUT2D eigenvalue weighted by atomic mass is 16.2. The molecular formula is C22H26N6O. The van der Waals surface area contributed by atoms with Gasteiger partial charge in [0.1, 0.15) is 6.04 Å². The zero-order chi connectivity index (χ0) is 19.8. The largest absolute Gasteiger partial charge is 0.356 e. The van der Waals surface area contributed by atoms with Crippen molar-refractivity contribution < 1.29 is 4.79 Å². The number of fused-ring (bicyclic) bond motifs is 2. The summed E-state index contributed by atoms with van der Waals surface area (Å²) in [6, 6.07) is 16.5. The molecule has 2 amide bonds. The van der Waals surface area contributed by atoms with E-state index in [0.29, 0.717) is 0 Å². The Morgan fingerprint density at radius 1 is 1.14 bits per heavy atom. The van der Waals surface area contributed by atoms with E-state index in [1.165, 1.54) is 10.9 Å². The van der Waals surface area contributed by atoms with Crippen LogP contribution >= 0.6 is 0 Å². The van der Waals surface area contributed by atoms with Crippen LogP contribution in [-0.4, -0.2) is 54.2 Å². The number of hydrogen-bond acceptors (Lipinski definition) is 4. The van der Waals surface area contributed by atoms with Crippen molar-refractivity contribution in [3.8, 4) is 0 Å². The van der Waals surface area contributed by atoms with Crippen LogP contribution in [-0.2, 0) is 6.54 Å². The van der Waals surface area contributed by atoms with Gasteiger partial charge in [-0.2, -0.15) is 0 Å². The van der Waals surface area contributed by atoms with E-state index in [0.717, 1.165) is 55.2 Å². The topological polar surface area (TPSA) is 75.4 Å². The number of carbonyl (C=O) groups is 1. The molecule has 0 radical (unpaired) electrons. The van der Waals surface area contributed by atoms with Gasteiger partial charge >= 0.3 is 6.03 Å². The number of amides is 2. The lowest BCUT2D eigenvalue weighted by molar-refractivity contribution is 0.203. The summed E-state index contributed by atoms with van der Waals surface area (Å²) >= 11 is 0. The third kappa shape index (κ3) is 3.32. The van der Waals surface area contributed by atoms with E-state index in [1.54, 1.807) is 12.1 Å². The van der Waals surface area contributed by atoms with Crippen molar-refractivity contribution in [1.29, 1.82) is 0 Å². The van der Waals surface area contributed by atoms with Crippen molar-refractivity contribution >= 4 is 22.6 Å². The van der Waals surface area contributed by atoms with Gasteiger partial charge in [0.2, 0.25) is 0 Å². The molecular weight excluding hydrogens is 364 g/mol. The molecule has 29 heavy (non-hydrogen) atoms. The summed E-state index contributed by atoms with van der Waals surface area (Å²) in [6.45, 7) is 5.25. The molecule has 0 spiro atoms. The number of piperazine rings is 1. The normalized spacial score (nSPS) is 19.2. The number of nitrogens with zero attached hydrogens (tertiary/aromatic N) is 2. The third-order valence-electron chi connectivity index (χ3n) is 5.80. The van der Waals surface area contributed by atoms with Gasteiger partial charge in [-0.15, -0.1) is 0 Å². The number of nitrogens with one attached hydrogen (secondary N) is 4. The predicted octanol–water partition coefficient (Wildman–Crippen LogP) is 2.64. The van der Waals surface area contributed by atoms with Crippen LogP contribution in [0.25, 0.3) is 10.9 Å². The molecule has 0 aliphatic carbocycles. The molecule has 1 fully saturated rings. The Hall–Kier alpha value is -3.03. The van der Waals surface area contributed by atoms with E-state index in [4.69, 9.17) is 0 Å². The Bertz CT molecular complexity index is 1040. The molecule has 0 bridgehead atoms. The molecule has 2 aliphatic heterocycles. The number of para-hydroxylation sites is 1. The number of hydrogen-bond donors (Lipinski definition) is 4. The number of aromatic nitrogens is 1. The van der Waals surface area contributed by atoms with Gasteiger partial charge in [0.05, 0.1) is 5.69 Å². The summed E-state index contributed by atoms with van der Waals surface area (Å²) in [4.78, 5) is 18.5. The number of anilines is 1. The quantitative estimate of drug-likeness (QED) is 0.555. The third-order valence-corrected chi connectivity index (χ3v) is 5.80. The van der Waals surface area contributed by atoms with Gasteiger partial charge in [-0.1, -0.05) is 24.3 Å². The van der Waals surface area contributed by atoms with E-state index in [1.807, 2.05) is 18.2 Å². The molecule has 1 saturated heterocycles. The van der Waals surface area contributed by atoms with E-state index in [-0.39, 0.29) is 12.1 Å². The summed E-state index contributed by atoms with van der Waals surface area (Å²) in [5.74, 6) is 0. The summed E-state index contributed by atoms with van der Waals surface area (Å²) in [6.07, 6.45) is 0. The summed E-state index contributed by atoms with van der Waals surface area (Å²) in [5.41, 5.74) is 8.68. The lowest BCUT2D eigenvalue weighted by Gasteiger charge is -2.27. The number of rotatable bonds is 3. The molecule has 150 valence electrons. The van der Waals surface area contributed by atoms with E-state index < -0.39 is 0 Å². The second-order valence-corrected chi connectivity index (χ2v) is 7.70. The fraction of sp³-hybridized carbons (Fsp3) is 0.318. The van der Waals surface area contributed by atoms with Crippen molar-refractivity contribution in [1.82, 2.24) is 25.5 Å². The van der Waals surface area contributed by atoms with Crippen molar-refractivity contribution in [3.05, 3.63) is 65.4 Å². The SMILES string of the molecule is CNC(=O)N1Nc2ccccc2C1c1cc2cc(CN3CCNCC3)ccc2[nH]1. The van der Waals surface area contributed by atoms with Crippen LogP contribution in [0.3, 0.4) is 0 Å². The number of aromatic amines is 1. The number of hydrazine groups is 1. The molecule has 1 unspecified atom stereocenters. The molecule has 4 N–H and O–H groups in total. The molecule has 7 nitrogen and oxygen atoms in total. The van der Waals surface area contributed by atoms with Gasteiger partial charge in [0.15, 0.2) is 0 Å². The fourth-order valence-corrected chi connectivity index (χ4v) is 4.34. The second-order valence-electron chi connectivity index (χ2n) is 7.70. The number of carbonyl (C=O) groups excluding carboxylic acids is 1. The monoisotopic (exact) mass is 390 g/mol. The lowest BCUT2D eigenvalue weighted by atomic mass is 10.0. The zero-order valence-corrected chi connectivity index (χ0v) is 16.5. The Kier molecular flexibility index (Phi) is 4.61. The van der Waals surface area contributed by atoms with E-state index >= 15 is 0 Å². The molecule has 2 aromatic carbocycles. The van der Waals surface area contributed by atoms with Gasteiger partial charge in [-0.25, -0.2) is 9.80 Å².